The van der Waals surface area contributed by atoms with Gasteiger partial charge in [0.1, 0.15) is 11.6 Å². The number of nitrogens with zero attached hydrogens (tertiary/aromatic N) is 4. The summed E-state index contributed by atoms with van der Waals surface area (Å²) in [7, 11) is 0. The molecule has 186 valence electrons. The number of aryl methyl sites for hydroxylation is 1. The van der Waals surface area contributed by atoms with Gasteiger partial charge in [0.15, 0.2) is 5.65 Å². The number of pyridine rings is 2. The molecule has 0 aliphatic carbocycles. The van der Waals surface area contributed by atoms with E-state index in [0.717, 1.165) is 55.9 Å². The number of hydrogen-bond acceptors (Lipinski definition) is 5. The molecule has 2 N–H and O–H groups in total. The molecule has 0 saturated heterocycles. The summed E-state index contributed by atoms with van der Waals surface area (Å²) in [4.78, 5) is 17.5. The molecule has 0 radical (unpaired) electrons. The molecule has 38 heavy (non-hydrogen) atoms. The average molecular weight is 500 g/mol. The van der Waals surface area contributed by atoms with Crippen molar-refractivity contribution in [1.29, 1.82) is 0 Å². The second kappa shape index (κ2) is 9.78. The second-order valence-corrected chi connectivity index (χ2v) is 9.26. The topological polar surface area (TPSA) is 92.4 Å². The number of aromatic nitrogens is 4. The number of phenols is 1. The first-order valence-corrected chi connectivity index (χ1v) is 12.4. The van der Waals surface area contributed by atoms with Crippen LogP contribution in [0.5, 0.6) is 5.75 Å². The molecule has 0 aliphatic heterocycles. The maximum Gasteiger partial charge on any atom is 0.224 e. The minimum absolute atomic E-state index is 0.0719. The zero-order chi connectivity index (χ0) is 26.1. The number of rotatable bonds is 6. The maximum absolute atomic E-state index is 12.4. The lowest BCUT2D eigenvalue weighted by Gasteiger charge is -2.13. The van der Waals surface area contributed by atoms with E-state index in [2.05, 4.69) is 33.7 Å². The monoisotopic (exact) mass is 499 g/mol. The maximum atomic E-state index is 12.4. The summed E-state index contributed by atoms with van der Waals surface area (Å²) in [5.74, 6) is 0.947. The Bertz CT molecular complexity index is 1760. The van der Waals surface area contributed by atoms with Crippen LogP contribution in [0.4, 0.5) is 0 Å². The minimum atomic E-state index is -0.0719. The molecule has 6 rings (SSSR count). The Hall–Kier alpha value is -5.04. The molecular formula is C31H25N5O2. The van der Waals surface area contributed by atoms with Crippen molar-refractivity contribution in [2.24, 2.45) is 0 Å². The number of amides is 1. The van der Waals surface area contributed by atoms with Gasteiger partial charge in [-0.3, -0.25) is 9.20 Å². The lowest BCUT2D eigenvalue weighted by atomic mass is 9.97. The molecular weight excluding hydrogens is 474 g/mol. The van der Waals surface area contributed by atoms with Gasteiger partial charge in [0, 0.05) is 29.3 Å². The fourth-order valence-corrected chi connectivity index (χ4v) is 4.61. The highest BCUT2D eigenvalue weighted by Crippen LogP contribution is 2.34. The van der Waals surface area contributed by atoms with Gasteiger partial charge in [0.25, 0.3) is 0 Å². The number of hydrogen-bond donors (Lipinski definition) is 2. The Balaban J connectivity index is 1.29. The molecule has 1 amide bonds. The van der Waals surface area contributed by atoms with Crippen molar-refractivity contribution in [2.45, 2.75) is 19.9 Å². The van der Waals surface area contributed by atoms with Gasteiger partial charge in [-0.1, -0.05) is 66.7 Å². The molecule has 3 aromatic carbocycles. The van der Waals surface area contributed by atoms with Crippen LogP contribution in [-0.4, -0.2) is 30.6 Å². The lowest BCUT2D eigenvalue weighted by Crippen LogP contribution is -2.24. The van der Waals surface area contributed by atoms with Crippen molar-refractivity contribution in [3.8, 4) is 28.1 Å². The first-order valence-electron chi connectivity index (χ1n) is 12.4. The number of carbonyl (C=O) groups excluding carboxylic acids is 1. The summed E-state index contributed by atoms with van der Waals surface area (Å²) in [6.45, 7) is 2.36. The number of benzene rings is 3. The second-order valence-electron chi connectivity index (χ2n) is 9.26. The third-order valence-corrected chi connectivity index (χ3v) is 6.64. The predicted octanol–water partition coefficient (Wildman–Crippen LogP) is 5.48. The molecule has 3 heterocycles. The normalized spacial score (nSPS) is 11.2. The Kier molecular flexibility index (Phi) is 6.01. The Morgan fingerprint density at radius 3 is 2.37 bits per heavy atom. The summed E-state index contributed by atoms with van der Waals surface area (Å²) >= 11 is 0. The van der Waals surface area contributed by atoms with Crippen molar-refractivity contribution >= 4 is 22.5 Å². The molecule has 0 fully saturated rings. The predicted molar refractivity (Wildman–Crippen MR) is 148 cm³/mol. The van der Waals surface area contributed by atoms with E-state index < -0.39 is 0 Å². The van der Waals surface area contributed by atoms with Gasteiger partial charge in [-0.05, 0) is 47.9 Å². The van der Waals surface area contributed by atoms with Gasteiger partial charge >= 0.3 is 0 Å². The molecule has 0 bridgehead atoms. The standard InChI is InChI=1S/C31H25N5O2/c1-20-34-35-31-27-18-26(23-5-3-2-4-6-23)30(33-28(27)15-16-36(20)31)24-11-7-22(8-12-24)19-32-29(38)17-21-9-13-25(37)14-10-21/h2-16,18,37H,17,19H2,1H3,(H,32,38). The lowest BCUT2D eigenvalue weighted by molar-refractivity contribution is -0.120. The summed E-state index contributed by atoms with van der Waals surface area (Å²) in [5.41, 5.74) is 7.44. The van der Waals surface area contributed by atoms with Gasteiger partial charge < -0.3 is 10.4 Å². The summed E-state index contributed by atoms with van der Waals surface area (Å²) in [6, 6.07) is 29.1. The van der Waals surface area contributed by atoms with Crippen molar-refractivity contribution in [3.63, 3.8) is 0 Å². The Morgan fingerprint density at radius 1 is 0.868 bits per heavy atom. The van der Waals surface area contributed by atoms with Crippen molar-refractivity contribution < 1.29 is 9.90 Å². The van der Waals surface area contributed by atoms with E-state index in [0.29, 0.717) is 6.54 Å². The van der Waals surface area contributed by atoms with Crippen LogP contribution in [0.1, 0.15) is 17.0 Å². The number of phenolic OH excluding ortho intramolecular Hbond substituents is 1. The van der Waals surface area contributed by atoms with E-state index in [1.807, 2.05) is 66.1 Å². The van der Waals surface area contributed by atoms with Crippen LogP contribution < -0.4 is 5.32 Å². The quantitative estimate of drug-likeness (QED) is 0.316. The highest BCUT2D eigenvalue weighted by molar-refractivity contribution is 5.98. The number of carbonyl (C=O) groups is 1. The average Bonchev–Trinajstić information content (AvgIpc) is 3.34. The molecule has 0 spiro atoms. The molecule has 0 unspecified atom stereocenters. The number of nitrogens with one attached hydrogen (secondary N) is 1. The van der Waals surface area contributed by atoms with Gasteiger partial charge in [0.2, 0.25) is 5.91 Å². The Morgan fingerprint density at radius 2 is 1.61 bits per heavy atom. The van der Waals surface area contributed by atoms with Gasteiger partial charge in [-0.2, -0.15) is 0 Å². The molecule has 0 aliphatic rings. The van der Waals surface area contributed by atoms with E-state index in [-0.39, 0.29) is 18.1 Å². The van der Waals surface area contributed by atoms with Gasteiger partial charge in [-0.15, -0.1) is 10.2 Å². The smallest absolute Gasteiger partial charge is 0.224 e. The van der Waals surface area contributed by atoms with Crippen LogP contribution in [-0.2, 0) is 17.8 Å². The van der Waals surface area contributed by atoms with Crippen molar-refractivity contribution in [2.75, 3.05) is 0 Å². The van der Waals surface area contributed by atoms with E-state index in [4.69, 9.17) is 4.98 Å². The SMILES string of the molecule is Cc1nnc2c3cc(-c4ccccc4)c(-c4ccc(CNC(=O)Cc5ccc(O)cc5)cc4)nc3ccn12. The van der Waals surface area contributed by atoms with Crippen LogP contribution in [0.2, 0.25) is 0 Å². The first-order chi connectivity index (χ1) is 18.5. The van der Waals surface area contributed by atoms with E-state index in [1.165, 1.54) is 0 Å². The fourth-order valence-electron chi connectivity index (χ4n) is 4.61. The zero-order valence-corrected chi connectivity index (χ0v) is 20.8. The summed E-state index contributed by atoms with van der Waals surface area (Å²) in [6.07, 6.45) is 2.22. The van der Waals surface area contributed by atoms with Crippen LogP contribution >= 0.6 is 0 Å². The largest absolute Gasteiger partial charge is 0.508 e. The van der Waals surface area contributed by atoms with Crippen LogP contribution in [0.15, 0.2) is 97.2 Å². The minimum Gasteiger partial charge on any atom is -0.508 e. The third kappa shape index (κ3) is 4.57. The first kappa shape index (κ1) is 23.4. The van der Waals surface area contributed by atoms with E-state index >= 15 is 0 Å². The van der Waals surface area contributed by atoms with Gasteiger partial charge in [-0.25, -0.2) is 4.98 Å². The molecule has 7 heteroatoms. The fraction of sp³-hybridized carbons (Fsp3) is 0.0968. The highest BCUT2D eigenvalue weighted by atomic mass is 16.3. The highest BCUT2D eigenvalue weighted by Gasteiger charge is 2.15. The van der Waals surface area contributed by atoms with E-state index in [1.54, 1.807) is 24.3 Å². The molecule has 3 aromatic heterocycles. The van der Waals surface area contributed by atoms with Crippen molar-refractivity contribution in [1.82, 2.24) is 24.9 Å². The molecule has 0 saturated carbocycles. The molecule has 7 nitrogen and oxygen atoms in total. The van der Waals surface area contributed by atoms with E-state index in [9.17, 15) is 9.90 Å². The van der Waals surface area contributed by atoms with Gasteiger partial charge in [0.05, 0.1) is 17.6 Å². The number of fused-ring (bicyclic) bond motifs is 3. The zero-order valence-electron chi connectivity index (χ0n) is 20.8. The summed E-state index contributed by atoms with van der Waals surface area (Å²) < 4.78 is 1.98. The van der Waals surface area contributed by atoms with Crippen LogP contribution in [0.3, 0.4) is 0 Å². The molecule has 0 atom stereocenters. The molecule has 6 aromatic rings. The van der Waals surface area contributed by atoms with Crippen molar-refractivity contribution in [3.05, 3.63) is 114 Å². The summed E-state index contributed by atoms with van der Waals surface area (Å²) in [5, 5.41) is 22.0. The van der Waals surface area contributed by atoms with Crippen LogP contribution in [0, 0.1) is 6.92 Å². The Labute approximate surface area is 219 Å². The third-order valence-electron chi connectivity index (χ3n) is 6.64. The van der Waals surface area contributed by atoms with Crippen LogP contribution in [0.25, 0.3) is 38.9 Å². The number of aromatic hydroxyl groups is 1.